The van der Waals surface area contributed by atoms with Crippen LogP contribution in [0.4, 0.5) is 0 Å². The normalized spacial score (nSPS) is 13.5. The van der Waals surface area contributed by atoms with Crippen LogP contribution in [0.15, 0.2) is 23.5 Å². The van der Waals surface area contributed by atoms with E-state index < -0.39 is 0 Å². The molecule has 0 spiro atoms. The van der Waals surface area contributed by atoms with Gasteiger partial charge < -0.3 is 4.90 Å². The van der Waals surface area contributed by atoms with E-state index in [0.717, 1.165) is 32.4 Å². The van der Waals surface area contributed by atoms with Gasteiger partial charge in [0.2, 0.25) is 5.91 Å². The second-order valence-electron chi connectivity index (χ2n) is 6.86. The van der Waals surface area contributed by atoms with Crippen molar-refractivity contribution >= 4 is 17.2 Å². The van der Waals surface area contributed by atoms with Crippen LogP contribution in [0.5, 0.6) is 0 Å². The molecular weight excluding hydrogens is 376 g/mol. The molecule has 0 unspecified atom stereocenters. The molecule has 4 rings (SSSR count). The quantitative estimate of drug-likeness (QED) is 0.668. The predicted octanol–water partition coefficient (Wildman–Crippen LogP) is 1.67. The molecule has 1 aliphatic rings. The van der Waals surface area contributed by atoms with Gasteiger partial charge in [-0.2, -0.15) is 4.98 Å². The Bertz CT molecular complexity index is 1110. The molecule has 3 aromatic heterocycles. The minimum Gasteiger partial charge on any atom is -0.336 e. The summed E-state index contributed by atoms with van der Waals surface area (Å²) in [5.41, 5.74) is 3.95. The van der Waals surface area contributed by atoms with Gasteiger partial charge >= 0.3 is 5.69 Å². The Hall–Kier alpha value is -2.94. The zero-order valence-corrected chi connectivity index (χ0v) is 16.8. The molecule has 8 nitrogen and oxygen atoms in total. The first-order chi connectivity index (χ1) is 13.4. The first-order valence-electron chi connectivity index (χ1n) is 9.00. The molecular formula is C19H20N6O2S. The second kappa shape index (κ2) is 7.23. The van der Waals surface area contributed by atoms with E-state index in [1.807, 2.05) is 13.8 Å². The molecule has 9 heteroatoms. The number of carbonyl (C=O) groups excluding carboxylic acids is 1. The van der Waals surface area contributed by atoms with Gasteiger partial charge in [-0.1, -0.05) is 0 Å². The van der Waals surface area contributed by atoms with Gasteiger partial charge in [0.15, 0.2) is 0 Å². The smallest absolute Gasteiger partial charge is 0.336 e. The van der Waals surface area contributed by atoms with E-state index in [-0.39, 0.29) is 18.1 Å². The number of aryl methyl sites for hydroxylation is 1. The van der Waals surface area contributed by atoms with E-state index in [2.05, 4.69) is 19.9 Å². The molecule has 0 atom stereocenters. The third-order valence-electron chi connectivity index (χ3n) is 5.17. The number of amides is 1. The number of hydrogen-bond donors (Lipinski definition) is 0. The molecule has 0 aromatic carbocycles. The van der Waals surface area contributed by atoms with Crippen molar-refractivity contribution in [1.82, 2.24) is 29.4 Å². The highest BCUT2D eigenvalue weighted by Crippen LogP contribution is 2.31. The highest BCUT2D eigenvalue weighted by atomic mass is 32.1. The molecule has 1 amide bonds. The summed E-state index contributed by atoms with van der Waals surface area (Å²) in [6.07, 6.45) is 5.66. The third kappa shape index (κ3) is 3.33. The van der Waals surface area contributed by atoms with Crippen molar-refractivity contribution in [2.45, 2.75) is 40.3 Å². The molecule has 0 N–H and O–H groups in total. The lowest BCUT2D eigenvalue weighted by Gasteiger charge is -2.26. The molecule has 1 aliphatic heterocycles. The largest absolute Gasteiger partial charge is 0.348 e. The number of aromatic nitrogens is 5. The lowest BCUT2D eigenvalue weighted by atomic mass is 10.1. The molecule has 3 aromatic rings. The van der Waals surface area contributed by atoms with Gasteiger partial charge in [0, 0.05) is 47.2 Å². The van der Waals surface area contributed by atoms with Crippen LogP contribution < -0.4 is 5.69 Å². The van der Waals surface area contributed by atoms with E-state index in [9.17, 15) is 9.59 Å². The molecule has 0 saturated carbocycles. The molecule has 0 bridgehead atoms. The maximum atomic E-state index is 12.9. The summed E-state index contributed by atoms with van der Waals surface area (Å²) in [4.78, 5) is 44.7. The summed E-state index contributed by atoms with van der Waals surface area (Å²) < 4.78 is 1.46. The Morgan fingerprint density at radius 1 is 1.18 bits per heavy atom. The lowest BCUT2D eigenvalue weighted by molar-refractivity contribution is -0.132. The van der Waals surface area contributed by atoms with Gasteiger partial charge in [-0.25, -0.2) is 19.7 Å². The fourth-order valence-corrected chi connectivity index (χ4v) is 4.36. The number of fused-ring (bicyclic) bond motifs is 1. The molecule has 4 heterocycles. The monoisotopic (exact) mass is 396 g/mol. The number of carbonyl (C=O) groups is 1. The lowest BCUT2D eigenvalue weighted by Crippen LogP contribution is -2.40. The first-order valence-corrected chi connectivity index (χ1v) is 9.82. The van der Waals surface area contributed by atoms with Crippen molar-refractivity contribution in [2.24, 2.45) is 0 Å². The Kier molecular flexibility index (Phi) is 4.76. The predicted molar refractivity (Wildman–Crippen MR) is 105 cm³/mol. The van der Waals surface area contributed by atoms with Crippen molar-refractivity contribution < 1.29 is 4.79 Å². The maximum Gasteiger partial charge on any atom is 0.348 e. The van der Waals surface area contributed by atoms with E-state index in [0.29, 0.717) is 25.2 Å². The van der Waals surface area contributed by atoms with E-state index in [1.165, 1.54) is 10.9 Å². The van der Waals surface area contributed by atoms with Crippen LogP contribution in [-0.2, 0) is 24.3 Å². The zero-order valence-electron chi connectivity index (χ0n) is 16.0. The van der Waals surface area contributed by atoms with Crippen molar-refractivity contribution in [3.8, 4) is 10.6 Å². The van der Waals surface area contributed by atoms with Gasteiger partial charge in [0.05, 0.1) is 12.2 Å². The Morgan fingerprint density at radius 2 is 1.93 bits per heavy atom. The van der Waals surface area contributed by atoms with Crippen LogP contribution in [0.2, 0.25) is 0 Å². The van der Waals surface area contributed by atoms with Crippen molar-refractivity contribution in [1.29, 1.82) is 0 Å². The topological polar surface area (TPSA) is 93.9 Å². The van der Waals surface area contributed by atoms with Crippen molar-refractivity contribution in [3.05, 3.63) is 56.7 Å². The van der Waals surface area contributed by atoms with E-state index >= 15 is 0 Å². The number of thiazole rings is 1. The second-order valence-corrected chi connectivity index (χ2v) is 7.94. The van der Waals surface area contributed by atoms with Crippen LogP contribution in [0.25, 0.3) is 10.6 Å². The van der Waals surface area contributed by atoms with Crippen molar-refractivity contribution in [3.63, 3.8) is 0 Å². The van der Waals surface area contributed by atoms with Crippen LogP contribution in [0.1, 0.15) is 27.5 Å². The minimum absolute atomic E-state index is 0.00626. The number of rotatable bonds is 3. The van der Waals surface area contributed by atoms with E-state index in [4.69, 9.17) is 0 Å². The third-order valence-corrected chi connectivity index (χ3v) is 6.30. The number of hydrogen-bond acceptors (Lipinski definition) is 7. The molecule has 0 fully saturated rings. The molecule has 28 heavy (non-hydrogen) atoms. The zero-order chi connectivity index (χ0) is 19.8. The van der Waals surface area contributed by atoms with Crippen LogP contribution in [0, 0.1) is 20.8 Å². The minimum atomic E-state index is -0.379. The van der Waals surface area contributed by atoms with Crippen LogP contribution in [0.3, 0.4) is 0 Å². The fraction of sp³-hybridized carbons (Fsp3) is 0.368. The summed E-state index contributed by atoms with van der Waals surface area (Å²) >= 11 is 1.56. The van der Waals surface area contributed by atoms with Gasteiger partial charge in [-0.15, -0.1) is 11.3 Å². The highest BCUT2D eigenvalue weighted by molar-refractivity contribution is 7.15. The average Bonchev–Trinajstić information content (AvgIpc) is 3.13. The van der Waals surface area contributed by atoms with Crippen LogP contribution >= 0.6 is 11.3 Å². The van der Waals surface area contributed by atoms with Gasteiger partial charge in [-0.3, -0.25) is 9.36 Å². The van der Waals surface area contributed by atoms with Gasteiger partial charge in [0.1, 0.15) is 17.9 Å². The first kappa shape index (κ1) is 18.4. The van der Waals surface area contributed by atoms with E-state index in [1.54, 1.807) is 35.6 Å². The summed E-state index contributed by atoms with van der Waals surface area (Å²) in [5.74, 6) is -0.0844. The number of nitrogens with zero attached hydrogens (tertiary/aromatic N) is 6. The average molecular weight is 396 g/mol. The Labute approximate surface area is 165 Å². The summed E-state index contributed by atoms with van der Waals surface area (Å²) in [5, 5.41) is 0.866. The van der Waals surface area contributed by atoms with Gasteiger partial charge in [-0.05, 0) is 26.3 Å². The molecule has 144 valence electrons. The maximum absolute atomic E-state index is 12.9. The molecule has 0 aliphatic carbocycles. The summed E-state index contributed by atoms with van der Waals surface area (Å²) in [6, 6.07) is 0. The molecule has 0 saturated heterocycles. The van der Waals surface area contributed by atoms with Crippen molar-refractivity contribution in [2.75, 3.05) is 6.54 Å². The SMILES string of the molecule is Cc1nc(=O)n(CC(=O)N2CCc3nc(-c4cncnc4)sc3C2)c(C)c1C. The van der Waals surface area contributed by atoms with Gasteiger partial charge in [0.25, 0.3) is 0 Å². The standard InChI is InChI=1S/C19H20N6O2S/c1-11-12(2)22-19(27)25(13(11)3)9-17(26)24-5-4-15-16(8-24)28-18(23-15)14-6-20-10-21-7-14/h6-7,10H,4-5,8-9H2,1-3H3. The highest BCUT2D eigenvalue weighted by Gasteiger charge is 2.25. The Morgan fingerprint density at radius 3 is 2.68 bits per heavy atom. The Balaban J connectivity index is 1.54. The fourth-order valence-electron chi connectivity index (χ4n) is 3.26. The van der Waals surface area contributed by atoms with Crippen LogP contribution in [-0.4, -0.2) is 41.9 Å². The molecule has 0 radical (unpaired) electrons. The summed E-state index contributed by atoms with van der Waals surface area (Å²) in [6.45, 7) is 6.67. The summed E-state index contributed by atoms with van der Waals surface area (Å²) in [7, 11) is 0.